The average Bonchev–Trinajstić information content (AvgIpc) is 2.83. The lowest BCUT2D eigenvalue weighted by atomic mass is 10.1. The molecular formula is C13H14N2OS. The number of rotatable bonds is 5. The van der Waals surface area contributed by atoms with Gasteiger partial charge in [0.25, 0.3) is 0 Å². The fraction of sp³-hybridized carbons (Fsp3) is 0.231. The lowest BCUT2D eigenvalue weighted by Gasteiger charge is -2.03. The number of carbonyl (C=O) groups is 1. The van der Waals surface area contributed by atoms with Crippen LogP contribution in [0.5, 0.6) is 0 Å². The van der Waals surface area contributed by atoms with E-state index in [0.29, 0.717) is 13.0 Å². The maximum absolute atomic E-state index is 11.6. The smallest absolute Gasteiger partial charge is 0.224 e. The highest BCUT2D eigenvalue weighted by molar-refractivity contribution is 7.09. The molecule has 1 N–H and O–H groups in total. The molecule has 0 unspecified atom stereocenters. The molecule has 0 aliphatic rings. The van der Waals surface area contributed by atoms with Crippen LogP contribution in [0.1, 0.15) is 10.6 Å². The number of hydrogen-bond donors (Lipinski definition) is 1. The zero-order valence-electron chi connectivity index (χ0n) is 9.43. The molecule has 1 aromatic carbocycles. The van der Waals surface area contributed by atoms with E-state index in [1.807, 2.05) is 35.7 Å². The number of carbonyl (C=O) groups excluding carboxylic acids is 1. The molecule has 0 spiro atoms. The van der Waals surface area contributed by atoms with Crippen LogP contribution in [0.25, 0.3) is 0 Å². The van der Waals surface area contributed by atoms with Crippen molar-refractivity contribution in [1.82, 2.24) is 10.3 Å². The van der Waals surface area contributed by atoms with Crippen LogP contribution in [0.3, 0.4) is 0 Å². The van der Waals surface area contributed by atoms with Gasteiger partial charge >= 0.3 is 0 Å². The molecule has 0 saturated carbocycles. The summed E-state index contributed by atoms with van der Waals surface area (Å²) in [7, 11) is 0. The van der Waals surface area contributed by atoms with Crippen molar-refractivity contribution in [2.45, 2.75) is 12.8 Å². The number of nitrogens with one attached hydrogen (secondary N) is 1. The van der Waals surface area contributed by atoms with E-state index in [2.05, 4.69) is 10.3 Å². The van der Waals surface area contributed by atoms with Crippen LogP contribution in [0, 0.1) is 0 Å². The minimum atomic E-state index is 0.0627. The van der Waals surface area contributed by atoms with E-state index in [1.165, 1.54) is 0 Å². The first-order chi connectivity index (χ1) is 8.34. The highest BCUT2D eigenvalue weighted by atomic mass is 32.1. The Bertz CT molecular complexity index is 454. The monoisotopic (exact) mass is 246 g/mol. The van der Waals surface area contributed by atoms with Crippen molar-refractivity contribution in [3.05, 3.63) is 52.5 Å². The van der Waals surface area contributed by atoms with Gasteiger partial charge in [-0.05, 0) is 5.56 Å². The average molecular weight is 246 g/mol. The minimum Gasteiger partial charge on any atom is -0.355 e. The maximum atomic E-state index is 11.6. The van der Waals surface area contributed by atoms with E-state index in [4.69, 9.17) is 0 Å². The van der Waals surface area contributed by atoms with Gasteiger partial charge < -0.3 is 5.32 Å². The Kier molecular flexibility index (Phi) is 4.27. The summed E-state index contributed by atoms with van der Waals surface area (Å²) in [5.74, 6) is 0.0627. The molecule has 0 saturated heterocycles. The van der Waals surface area contributed by atoms with Gasteiger partial charge in [-0.1, -0.05) is 30.3 Å². The zero-order valence-corrected chi connectivity index (χ0v) is 10.2. The minimum absolute atomic E-state index is 0.0627. The Morgan fingerprint density at radius 3 is 2.82 bits per heavy atom. The Hall–Kier alpha value is -1.68. The van der Waals surface area contributed by atoms with Crippen LogP contribution in [0.2, 0.25) is 0 Å². The Balaban J connectivity index is 1.71. The van der Waals surface area contributed by atoms with E-state index >= 15 is 0 Å². The van der Waals surface area contributed by atoms with Gasteiger partial charge in [0, 0.05) is 24.5 Å². The molecule has 0 atom stereocenters. The van der Waals surface area contributed by atoms with Crippen LogP contribution in [-0.4, -0.2) is 17.4 Å². The quantitative estimate of drug-likeness (QED) is 0.877. The number of amides is 1. The summed E-state index contributed by atoms with van der Waals surface area (Å²) in [4.78, 5) is 15.8. The van der Waals surface area contributed by atoms with Crippen LogP contribution >= 0.6 is 11.3 Å². The summed E-state index contributed by atoms with van der Waals surface area (Å²) in [5, 5.41) is 5.90. The van der Waals surface area contributed by atoms with Crippen LogP contribution in [0.4, 0.5) is 0 Å². The first-order valence-corrected chi connectivity index (χ1v) is 6.41. The van der Waals surface area contributed by atoms with Gasteiger partial charge in [0.05, 0.1) is 11.4 Å². The van der Waals surface area contributed by atoms with E-state index in [0.717, 1.165) is 17.0 Å². The first-order valence-electron chi connectivity index (χ1n) is 5.53. The van der Waals surface area contributed by atoms with Gasteiger partial charge in [0.1, 0.15) is 0 Å². The van der Waals surface area contributed by atoms with Crippen molar-refractivity contribution < 1.29 is 4.79 Å². The summed E-state index contributed by atoms with van der Waals surface area (Å²) in [6.45, 7) is 0.652. The molecule has 4 heteroatoms. The van der Waals surface area contributed by atoms with Crippen molar-refractivity contribution in [1.29, 1.82) is 0 Å². The first kappa shape index (κ1) is 11.8. The standard InChI is InChI=1S/C13H14N2OS/c16-12(10-11-4-2-1-3-5-11)14-7-6-13-15-8-9-17-13/h1-5,8-9H,6-7,10H2,(H,14,16). The van der Waals surface area contributed by atoms with E-state index < -0.39 is 0 Å². The molecule has 0 aliphatic heterocycles. The van der Waals surface area contributed by atoms with E-state index in [9.17, 15) is 4.79 Å². The largest absolute Gasteiger partial charge is 0.355 e. The fourth-order valence-electron chi connectivity index (χ4n) is 1.53. The highest BCUT2D eigenvalue weighted by Gasteiger charge is 2.02. The maximum Gasteiger partial charge on any atom is 0.224 e. The second-order valence-corrected chi connectivity index (χ2v) is 4.67. The molecule has 1 amide bonds. The van der Waals surface area contributed by atoms with Crippen LogP contribution < -0.4 is 5.32 Å². The third-order valence-corrected chi connectivity index (χ3v) is 3.19. The van der Waals surface area contributed by atoms with Gasteiger partial charge in [0.2, 0.25) is 5.91 Å². The van der Waals surface area contributed by atoms with Gasteiger partial charge in [-0.15, -0.1) is 11.3 Å². The Morgan fingerprint density at radius 1 is 1.29 bits per heavy atom. The van der Waals surface area contributed by atoms with Gasteiger partial charge in [-0.25, -0.2) is 4.98 Å². The molecule has 0 fully saturated rings. The molecule has 17 heavy (non-hydrogen) atoms. The topological polar surface area (TPSA) is 42.0 Å². The predicted octanol–water partition coefficient (Wildman–Crippen LogP) is 2.04. The molecule has 1 aromatic heterocycles. The zero-order chi connectivity index (χ0) is 11.9. The van der Waals surface area contributed by atoms with Crippen molar-refractivity contribution in [2.24, 2.45) is 0 Å². The van der Waals surface area contributed by atoms with Crippen molar-refractivity contribution >= 4 is 17.2 Å². The second kappa shape index (κ2) is 6.15. The predicted molar refractivity (Wildman–Crippen MR) is 69.0 cm³/mol. The number of aromatic nitrogens is 1. The Labute approximate surface area is 105 Å². The van der Waals surface area contributed by atoms with Crippen LogP contribution in [0.15, 0.2) is 41.9 Å². The molecule has 2 rings (SSSR count). The molecule has 0 bridgehead atoms. The molecule has 0 radical (unpaired) electrons. The molecule has 1 heterocycles. The SMILES string of the molecule is O=C(Cc1ccccc1)NCCc1nccs1. The summed E-state index contributed by atoms with van der Waals surface area (Å²) in [6, 6.07) is 9.75. The second-order valence-electron chi connectivity index (χ2n) is 3.69. The van der Waals surface area contributed by atoms with Gasteiger partial charge in [-0.2, -0.15) is 0 Å². The Morgan fingerprint density at radius 2 is 2.12 bits per heavy atom. The van der Waals surface area contributed by atoms with E-state index in [1.54, 1.807) is 17.5 Å². The summed E-state index contributed by atoms with van der Waals surface area (Å²) >= 11 is 1.62. The van der Waals surface area contributed by atoms with Crippen molar-refractivity contribution in [2.75, 3.05) is 6.54 Å². The molecule has 88 valence electrons. The number of thiazole rings is 1. The van der Waals surface area contributed by atoms with Crippen molar-refractivity contribution in [3.8, 4) is 0 Å². The van der Waals surface area contributed by atoms with E-state index in [-0.39, 0.29) is 5.91 Å². The number of nitrogens with zero attached hydrogens (tertiary/aromatic N) is 1. The van der Waals surface area contributed by atoms with Gasteiger partial charge in [-0.3, -0.25) is 4.79 Å². The van der Waals surface area contributed by atoms with Gasteiger partial charge in [0.15, 0.2) is 0 Å². The molecular weight excluding hydrogens is 232 g/mol. The van der Waals surface area contributed by atoms with Crippen molar-refractivity contribution in [3.63, 3.8) is 0 Å². The summed E-state index contributed by atoms with van der Waals surface area (Å²) < 4.78 is 0. The fourth-order valence-corrected chi connectivity index (χ4v) is 2.15. The third-order valence-electron chi connectivity index (χ3n) is 2.35. The highest BCUT2D eigenvalue weighted by Crippen LogP contribution is 2.03. The lowest BCUT2D eigenvalue weighted by Crippen LogP contribution is -2.27. The summed E-state index contributed by atoms with van der Waals surface area (Å²) in [5.41, 5.74) is 1.04. The molecule has 0 aliphatic carbocycles. The normalized spacial score (nSPS) is 10.1. The molecule has 2 aromatic rings. The molecule has 3 nitrogen and oxygen atoms in total. The number of benzene rings is 1. The number of hydrogen-bond acceptors (Lipinski definition) is 3. The lowest BCUT2D eigenvalue weighted by molar-refractivity contribution is -0.120. The third kappa shape index (κ3) is 4.00. The summed E-state index contributed by atoms with van der Waals surface area (Å²) in [6.07, 6.45) is 3.03. The van der Waals surface area contributed by atoms with Crippen LogP contribution in [-0.2, 0) is 17.6 Å².